The number of benzene rings is 1. The number of hydrogen-bond acceptors (Lipinski definition) is 1. The van der Waals surface area contributed by atoms with Gasteiger partial charge in [0.25, 0.3) is 0 Å². The molecule has 0 radical (unpaired) electrons. The molecular weight excluding hydrogens is 189 g/mol. The van der Waals surface area contributed by atoms with Crippen LogP contribution in [-0.4, -0.2) is 7.05 Å². The molecule has 1 N–H and O–H groups in total. The Morgan fingerprint density at radius 1 is 1.46 bits per heavy atom. The molecule has 1 aromatic rings. The van der Waals surface area contributed by atoms with E-state index in [0.717, 1.165) is 18.4 Å². The van der Waals surface area contributed by atoms with Crippen molar-refractivity contribution >= 4 is 11.6 Å². The molecule has 0 saturated heterocycles. The van der Waals surface area contributed by atoms with E-state index in [9.17, 15) is 4.39 Å². The van der Waals surface area contributed by atoms with Crippen LogP contribution in [0.25, 0.3) is 0 Å². The summed E-state index contributed by atoms with van der Waals surface area (Å²) in [6.45, 7) is 0. The van der Waals surface area contributed by atoms with Crippen molar-refractivity contribution in [2.24, 2.45) is 0 Å². The first-order valence-electron chi connectivity index (χ1n) is 4.32. The third-order valence-corrected chi connectivity index (χ3v) is 3.00. The molecule has 1 aliphatic rings. The summed E-state index contributed by atoms with van der Waals surface area (Å²) in [5.74, 6) is -0.221. The van der Waals surface area contributed by atoms with Crippen LogP contribution in [0.1, 0.15) is 18.4 Å². The number of nitrogens with one attached hydrogen (secondary N) is 1. The first-order valence-corrected chi connectivity index (χ1v) is 4.70. The van der Waals surface area contributed by atoms with Crippen molar-refractivity contribution in [1.29, 1.82) is 0 Å². The van der Waals surface area contributed by atoms with Crippen molar-refractivity contribution in [3.63, 3.8) is 0 Å². The van der Waals surface area contributed by atoms with Gasteiger partial charge in [0.05, 0.1) is 0 Å². The molecule has 1 aromatic carbocycles. The molecule has 2 rings (SSSR count). The molecule has 0 atom stereocenters. The smallest absolute Gasteiger partial charge is 0.123 e. The van der Waals surface area contributed by atoms with Gasteiger partial charge in [-0.15, -0.1) is 0 Å². The predicted octanol–water partition coefficient (Wildman–Crippen LogP) is 2.69. The maximum atomic E-state index is 13.0. The molecule has 0 amide bonds. The Hall–Kier alpha value is -0.600. The highest BCUT2D eigenvalue weighted by Gasteiger charge is 2.44. The minimum Gasteiger partial charge on any atom is -0.310 e. The van der Waals surface area contributed by atoms with E-state index in [4.69, 9.17) is 11.6 Å². The molecule has 1 fully saturated rings. The zero-order chi connectivity index (χ0) is 9.47. The van der Waals surface area contributed by atoms with E-state index in [-0.39, 0.29) is 11.4 Å². The summed E-state index contributed by atoms with van der Waals surface area (Å²) >= 11 is 5.99. The SMILES string of the molecule is CNC1(c2cc(F)ccc2Cl)CC1. The normalized spacial score (nSPS) is 18.7. The summed E-state index contributed by atoms with van der Waals surface area (Å²) in [4.78, 5) is 0. The fraction of sp³-hybridized carbons (Fsp3) is 0.400. The van der Waals surface area contributed by atoms with Crippen molar-refractivity contribution in [2.75, 3.05) is 7.05 Å². The second-order valence-corrected chi connectivity index (χ2v) is 3.86. The van der Waals surface area contributed by atoms with Crippen LogP contribution >= 0.6 is 11.6 Å². The molecular formula is C10H11ClFN. The summed E-state index contributed by atoms with van der Waals surface area (Å²) in [6, 6.07) is 4.52. The fourth-order valence-electron chi connectivity index (χ4n) is 1.64. The first kappa shape index (κ1) is 8.97. The van der Waals surface area contributed by atoms with Crippen LogP contribution in [0.5, 0.6) is 0 Å². The Bertz CT molecular complexity index is 334. The minimum atomic E-state index is -0.221. The summed E-state index contributed by atoms with van der Waals surface area (Å²) in [7, 11) is 1.88. The molecule has 0 aromatic heterocycles. The molecule has 0 heterocycles. The molecule has 0 spiro atoms. The van der Waals surface area contributed by atoms with Crippen molar-refractivity contribution < 1.29 is 4.39 Å². The van der Waals surface area contributed by atoms with Crippen LogP contribution in [0.2, 0.25) is 5.02 Å². The van der Waals surface area contributed by atoms with Gasteiger partial charge in [-0.25, -0.2) is 4.39 Å². The van der Waals surface area contributed by atoms with E-state index in [1.807, 2.05) is 7.05 Å². The van der Waals surface area contributed by atoms with Crippen LogP contribution in [-0.2, 0) is 5.54 Å². The van der Waals surface area contributed by atoms with Crippen LogP contribution in [0.4, 0.5) is 4.39 Å². The van der Waals surface area contributed by atoms with Gasteiger partial charge in [-0.05, 0) is 43.7 Å². The Kier molecular flexibility index (Phi) is 2.05. The highest BCUT2D eigenvalue weighted by Crippen LogP contribution is 2.47. The largest absolute Gasteiger partial charge is 0.310 e. The fourth-order valence-corrected chi connectivity index (χ4v) is 1.94. The van der Waals surface area contributed by atoms with E-state index < -0.39 is 0 Å². The lowest BCUT2D eigenvalue weighted by Crippen LogP contribution is -2.24. The third kappa shape index (κ3) is 1.45. The molecule has 0 unspecified atom stereocenters. The molecule has 13 heavy (non-hydrogen) atoms. The van der Waals surface area contributed by atoms with Gasteiger partial charge in [-0.3, -0.25) is 0 Å². The van der Waals surface area contributed by atoms with Crippen LogP contribution < -0.4 is 5.32 Å². The molecule has 0 aliphatic heterocycles. The number of halogens is 2. The van der Waals surface area contributed by atoms with E-state index in [2.05, 4.69) is 5.32 Å². The average Bonchev–Trinajstić information content (AvgIpc) is 2.90. The predicted molar refractivity (Wildman–Crippen MR) is 51.4 cm³/mol. The molecule has 3 heteroatoms. The van der Waals surface area contributed by atoms with Crippen molar-refractivity contribution in [3.8, 4) is 0 Å². The minimum absolute atomic E-state index is 0.0564. The lowest BCUT2D eigenvalue weighted by Gasteiger charge is -2.15. The molecule has 1 saturated carbocycles. The molecule has 70 valence electrons. The van der Waals surface area contributed by atoms with Gasteiger partial charge < -0.3 is 5.32 Å². The van der Waals surface area contributed by atoms with Crippen molar-refractivity contribution in [1.82, 2.24) is 5.32 Å². The first-order chi connectivity index (χ1) is 6.18. The Labute approximate surface area is 81.9 Å². The van der Waals surface area contributed by atoms with E-state index in [0.29, 0.717) is 5.02 Å². The summed E-state index contributed by atoms with van der Waals surface area (Å²) in [5, 5.41) is 3.83. The van der Waals surface area contributed by atoms with E-state index >= 15 is 0 Å². The maximum absolute atomic E-state index is 13.0. The molecule has 0 bridgehead atoms. The van der Waals surface area contributed by atoms with E-state index in [1.165, 1.54) is 12.1 Å². The quantitative estimate of drug-likeness (QED) is 0.773. The second-order valence-electron chi connectivity index (χ2n) is 3.46. The third-order valence-electron chi connectivity index (χ3n) is 2.67. The van der Waals surface area contributed by atoms with Crippen molar-refractivity contribution in [3.05, 3.63) is 34.6 Å². The standard InChI is InChI=1S/C10H11ClFN/c1-13-10(4-5-10)8-6-7(12)2-3-9(8)11/h2-3,6,13H,4-5H2,1H3. The summed E-state index contributed by atoms with van der Waals surface area (Å²) < 4.78 is 13.0. The number of rotatable bonds is 2. The maximum Gasteiger partial charge on any atom is 0.123 e. The van der Waals surface area contributed by atoms with E-state index in [1.54, 1.807) is 6.07 Å². The zero-order valence-electron chi connectivity index (χ0n) is 7.40. The highest BCUT2D eigenvalue weighted by molar-refractivity contribution is 6.31. The van der Waals surface area contributed by atoms with Crippen LogP contribution in [0.3, 0.4) is 0 Å². The second kappa shape index (κ2) is 2.96. The lowest BCUT2D eigenvalue weighted by molar-refractivity contribution is 0.571. The van der Waals surface area contributed by atoms with Gasteiger partial charge in [0.2, 0.25) is 0 Å². The Morgan fingerprint density at radius 3 is 2.69 bits per heavy atom. The molecule has 1 nitrogen and oxygen atoms in total. The number of hydrogen-bond donors (Lipinski definition) is 1. The Balaban J connectivity index is 2.44. The van der Waals surface area contributed by atoms with Gasteiger partial charge in [0, 0.05) is 10.6 Å². The van der Waals surface area contributed by atoms with Crippen LogP contribution in [0, 0.1) is 5.82 Å². The average molecular weight is 200 g/mol. The highest BCUT2D eigenvalue weighted by atomic mass is 35.5. The summed E-state index contributed by atoms with van der Waals surface area (Å²) in [6.07, 6.45) is 2.07. The van der Waals surface area contributed by atoms with Crippen LogP contribution in [0.15, 0.2) is 18.2 Å². The van der Waals surface area contributed by atoms with Gasteiger partial charge in [-0.1, -0.05) is 11.6 Å². The van der Waals surface area contributed by atoms with Crippen molar-refractivity contribution in [2.45, 2.75) is 18.4 Å². The summed E-state index contributed by atoms with van der Waals surface area (Å²) in [5.41, 5.74) is 0.829. The van der Waals surface area contributed by atoms with Gasteiger partial charge in [0.15, 0.2) is 0 Å². The monoisotopic (exact) mass is 199 g/mol. The van der Waals surface area contributed by atoms with Gasteiger partial charge >= 0.3 is 0 Å². The molecule has 1 aliphatic carbocycles. The van der Waals surface area contributed by atoms with Gasteiger partial charge in [-0.2, -0.15) is 0 Å². The lowest BCUT2D eigenvalue weighted by atomic mass is 10.1. The Morgan fingerprint density at radius 2 is 2.15 bits per heavy atom. The topological polar surface area (TPSA) is 12.0 Å². The van der Waals surface area contributed by atoms with Gasteiger partial charge in [0.1, 0.15) is 5.82 Å². The zero-order valence-corrected chi connectivity index (χ0v) is 8.16.